The average molecular weight is 472 g/mol. The lowest BCUT2D eigenvalue weighted by molar-refractivity contribution is 0.0969. The number of thiazole rings is 1. The number of amides is 1. The zero-order chi connectivity index (χ0) is 23.9. The Hall–Kier alpha value is -3.55. The van der Waals surface area contributed by atoms with Crippen molar-refractivity contribution in [1.82, 2.24) is 14.9 Å². The third kappa shape index (κ3) is 5.50. The molecule has 34 heavy (non-hydrogen) atoms. The van der Waals surface area contributed by atoms with E-state index in [1.165, 1.54) is 0 Å². The first-order valence-corrected chi connectivity index (χ1v) is 12.3. The topological polar surface area (TPSA) is 61.4 Å². The fraction of sp³-hybridized carbons (Fsp3) is 0.222. The quantitative estimate of drug-likeness (QED) is 0.294. The molecule has 0 fully saturated rings. The number of carbonyl (C=O) groups is 1. The first-order chi connectivity index (χ1) is 16.6. The zero-order valence-corrected chi connectivity index (χ0v) is 20.5. The van der Waals surface area contributed by atoms with Gasteiger partial charge in [-0.3, -0.25) is 19.6 Å². The van der Waals surface area contributed by atoms with E-state index >= 15 is 0 Å². The third-order valence-corrected chi connectivity index (χ3v) is 6.50. The normalized spacial score (nSPS) is 10.9. The van der Waals surface area contributed by atoms with Crippen LogP contribution in [0.25, 0.3) is 11.3 Å². The monoisotopic (exact) mass is 471 g/mol. The molecule has 0 unspecified atom stereocenters. The second-order valence-corrected chi connectivity index (χ2v) is 8.81. The summed E-state index contributed by atoms with van der Waals surface area (Å²) in [6.45, 7) is 8.52. The molecular formula is C27H29N5OS. The standard InChI is InChI=1S/C27H29N5OS/c1-4-31(5-2)19-32(26(33)21-10-7-6-8-11-21)23-14-13-20(3)24(16-23)29-27-30-25(18-34-27)22-12-9-15-28-17-22/h6-18H,4-5,19H2,1-3H3,(H,29,30). The second kappa shape index (κ2) is 11.0. The summed E-state index contributed by atoms with van der Waals surface area (Å²) in [4.78, 5) is 26.5. The molecule has 1 N–H and O–H groups in total. The van der Waals surface area contributed by atoms with Gasteiger partial charge in [0.2, 0.25) is 0 Å². The summed E-state index contributed by atoms with van der Waals surface area (Å²) < 4.78 is 0. The Morgan fingerprint density at radius 2 is 1.82 bits per heavy atom. The lowest BCUT2D eigenvalue weighted by atomic mass is 10.1. The first-order valence-electron chi connectivity index (χ1n) is 11.4. The number of aromatic nitrogens is 2. The van der Waals surface area contributed by atoms with E-state index in [-0.39, 0.29) is 5.91 Å². The Balaban J connectivity index is 1.63. The molecule has 174 valence electrons. The van der Waals surface area contributed by atoms with Crippen LogP contribution in [0.1, 0.15) is 29.8 Å². The van der Waals surface area contributed by atoms with Crippen LogP contribution in [0.4, 0.5) is 16.5 Å². The summed E-state index contributed by atoms with van der Waals surface area (Å²) in [5, 5.41) is 6.27. The SMILES string of the molecule is CCN(CC)CN(C(=O)c1ccccc1)c1ccc(C)c(Nc2nc(-c3cccnc3)cs2)c1. The van der Waals surface area contributed by atoms with E-state index in [1.54, 1.807) is 17.5 Å². The Kier molecular flexibility index (Phi) is 7.67. The van der Waals surface area contributed by atoms with Crippen molar-refractivity contribution >= 4 is 33.8 Å². The Labute approximate surface area is 204 Å². The maximum Gasteiger partial charge on any atom is 0.259 e. The van der Waals surface area contributed by atoms with Crippen LogP contribution in [-0.2, 0) is 0 Å². The highest BCUT2D eigenvalue weighted by atomic mass is 32.1. The molecule has 6 nitrogen and oxygen atoms in total. The maximum atomic E-state index is 13.5. The van der Waals surface area contributed by atoms with Crippen LogP contribution in [0.3, 0.4) is 0 Å². The lowest BCUT2D eigenvalue weighted by Gasteiger charge is -2.30. The van der Waals surface area contributed by atoms with Gasteiger partial charge in [0, 0.05) is 40.3 Å². The highest BCUT2D eigenvalue weighted by Gasteiger charge is 2.20. The molecule has 2 heterocycles. The molecule has 0 saturated carbocycles. The number of hydrogen-bond acceptors (Lipinski definition) is 6. The van der Waals surface area contributed by atoms with E-state index in [0.29, 0.717) is 12.2 Å². The number of hydrogen-bond donors (Lipinski definition) is 1. The molecule has 0 radical (unpaired) electrons. The molecule has 0 atom stereocenters. The first kappa shape index (κ1) is 23.6. The smallest absolute Gasteiger partial charge is 0.259 e. The molecular weight excluding hydrogens is 442 g/mol. The summed E-state index contributed by atoms with van der Waals surface area (Å²) in [5.41, 5.74) is 5.39. The van der Waals surface area contributed by atoms with E-state index < -0.39 is 0 Å². The average Bonchev–Trinajstić information content (AvgIpc) is 3.36. The van der Waals surface area contributed by atoms with Crippen LogP contribution in [0, 0.1) is 6.92 Å². The predicted molar refractivity (Wildman–Crippen MR) is 141 cm³/mol. The van der Waals surface area contributed by atoms with Crippen molar-refractivity contribution in [2.45, 2.75) is 20.8 Å². The molecule has 2 aromatic heterocycles. The van der Waals surface area contributed by atoms with Crippen molar-refractivity contribution in [2.75, 3.05) is 30.0 Å². The molecule has 0 aliphatic rings. The molecule has 2 aromatic carbocycles. The third-order valence-electron chi connectivity index (χ3n) is 5.74. The minimum absolute atomic E-state index is 0.0181. The maximum absolute atomic E-state index is 13.5. The number of rotatable bonds is 9. The van der Waals surface area contributed by atoms with Gasteiger partial charge in [-0.25, -0.2) is 4.98 Å². The van der Waals surface area contributed by atoms with Crippen LogP contribution < -0.4 is 10.2 Å². The molecule has 0 spiro atoms. The minimum Gasteiger partial charge on any atom is -0.331 e. The van der Waals surface area contributed by atoms with Crippen molar-refractivity contribution in [3.8, 4) is 11.3 Å². The van der Waals surface area contributed by atoms with Crippen molar-refractivity contribution in [3.63, 3.8) is 0 Å². The molecule has 0 aliphatic carbocycles. The van der Waals surface area contributed by atoms with Crippen LogP contribution in [0.5, 0.6) is 0 Å². The summed E-state index contributed by atoms with van der Waals surface area (Å²) in [7, 11) is 0. The van der Waals surface area contributed by atoms with Crippen LogP contribution >= 0.6 is 11.3 Å². The van der Waals surface area contributed by atoms with E-state index in [0.717, 1.165) is 46.4 Å². The van der Waals surface area contributed by atoms with Gasteiger partial charge in [-0.05, 0) is 62.0 Å². The fourth-order valence-corrected chi connectivity index (χ4v) is 4.36. The van der Waals surface area contributed by atoms with Crippen molar-refractivity contribution in [2.24, 2.45) is 0 Å². The van der Waals surface area contributed by atoms with Gasteiger partial charge in [0.05, 0.1) is 12.4 Å². The summed E-state index contributed by atoms with van der Waals surface area (Å²) >= 11 is 1.54. The van der Waals surface area contributed by atoms with Gasteiger partial charge in [0.25, 0.3) is 5.91 Å². The zero-order valence-electron chi connectivity index (χ0n) is 19.7. The minimum atomic E-state index is -0.0181. The van der Waals surface area contributed by atoms with Crippen LogP contribution in [-0.4, -0.2) is 40.5 Å². The molecule has 1 amide bonds. The predicted octanol–water partition coefficient (Wildman–Crippen LogP) is 6.20. The Morgan fingerprint density at radius 3 is 2.53 bits per heavy atom. The van der Waals surface area contributed by atoms with E-state index in [9.17, 15) is 4.79 Å². The second-order valence-electron chi connectivity index (χ2n) is 7.95. The van der Waals surface area contributed by atoms with Crippen molar-refractivity contribution in [1.29, 1.82) is 0 Å². The largest absolute Gasteiger partial charge is 0.331 e. The summed E-state index contributed by atoms with van der Waals surface area (Å²) in [6.07, 6.45) is 3.57. The van der Waals surface area contributed by atoms with Gasteiger partial charge >= 0.3 is 0 Å². The number of anilines is 3. The van der Waals surface area contributed by atoms with Crippen LogP contribution in [0.2, 0.25) is 0 Å². The van der Waals surface area contributed by atoms with Gasteiger partial charge in [-0.1, -0.05) is 38.1 Å². The number of benzene rings is 2. The van der Waals surface area contributed by atoms with Crippen LogP contribution in [0.15, 0.2) is 78.4 Å². The van der Waals surface area contributed by atoms with E-state index in [2.05, 4.69) is 36.0 Å². The van der Waals surface area contributed by atoms with Crippen molar-refractivity contribution in [3.05, 3.63) is 89.6 Å². The van der Waals surface area contributed by atoms with Gasteiger partial charge in [-0.2, -0.15) is 0 Å². The number of carbonyl (C=O) groups excluding carboxylic acids is 1. The molecule has 4 aromatic rings. The number of aryl methyl sites for hydroxylation is 1. The van der Waals surface area contributed by atoms with Crippen molar-refractivity contribution < 1.29 is 4.79 Å². The summed E-state index contributed by atoms with van der Waals surface area (Å²) in [6, 6.07) is 19.4. The van der Waals surface area contributed by atoms with Gasteiger partial charge in [0.15, 0.2) is 5.13 Å². The summed E-state index contributed by atoms with van der Waals surface area (Å²) in [5.74, 6) is -0.0181. The Bertz CT molecular complexity index is 1220. The molecule has 0 aliphatic heterocycles. The van der Waals surface area contributed by atoms with Gasteiger partial charge < -0.3 is 5.32 Å². The van der Waals surface area contributed by atoms with Gasteiger partial charge in [0.1, 0.15) is 0 Å². The van der Waals surface area contributed by atoms with E-state index in [4.69, 9.17) is 4.98 Å². The number of pyridine rings is 1. The molecule has 0 saturated heterocycles. The Morgan fingerprint density at radius 1 is 1.03 bits per heavy atom. The highest BCUT2D eigenvalue weighted by Crippen LogP contribution is 2.31. The van der Waals surface area contributed by atoms with E-state index in [1.807, 2.05) is 77.1 Å². The lowest BCUT2D eigenvalue weighted by Crippen LogP contribution is -2.41. The fourth-order valence-electron chi connectivity index (χ4n) is 3.63. The molecule has 0 bridgehead atoms. The number of nitrogens with zero attached hydrogens (tertiary/aromatic N) is 4. The number of nitrogens with one attached hydrogen (secondary N) is 1. The van der Waals surface area contributed by atoms with Gasteiger partial charge in [-0.15, -0.1) is 11.3 Å². The molecule has 7 heteroatoms. The highest BCUT2D eigenvalue weighted by molar-refractivity contribution is 7.14. The molecule has 4 rings (SSSR count).